The highest BCUT2D eigenvalue weighted by Crippen LogP contribution is 2.12. The van der Waals surface area contributed by atoms with E-state index in [1.807, 2.05) is 6.92 Å². The topological polar surface area (TPSA) is 37.8 Å². The molecule has 0 fully saturated rings. The number of hydrogen-bond donors (Lipinski definition) is 1. The highest BCUT2D eigenvalue weighted by atomic mass is 19.1. The predicted molar refractivity (Wildman–Crippen MR) is 74.2 cm³/mol. The lowest BCUT2D eigenvalue weighted by atomic mass is 10.0. The number of H-pyrrole nitrogens is 1. The number of hydrogen-bond acceptors (Lipinski definition) is 1. The maximum Gasteiger partial charge on any atom is 0.274 e. The van der Waals surface area contributed by atoms with Gasteiger partial charge in [-0.2, -0.15) is 0 Å². The van der Waals surface area contributed by atoms with Crippen LogP contribution in [0.4, 0.5) is 4.39 Å². The molecule has 0 atom stereocenters. The van der Waals surface area contributed by atoms with Gasteiger partial charge in [0.2, 0.25) is 0 Å². The van der Waals surface area contributed by atoms with E-state index in [0.29, 0.717) is 11.6 Å². The minimum Gasteiger partial charge on any atom is -0.295 e. The maximum atomic E-state index is 12.9. The molecule has 0 bridgehead atoms. The molecule has 2 aromatic rings. The number of nitrogens with zero attached hydrogens (tertiary/aromatic N) is 1. The Kier molecular flexibility index (Phi) is 3.88. The Labute approximate surface area is 112 Å². The second-order valence-corrected chi connectivity index (χ2v) is 5.26. The lowest BCUT2D eigenvalue weighted by molar-refractivity contribution is 0.584. The molecule has 3 nitrogen and oxygen atoms in total. The molecule has 0 saturated heterocycles. The van der Waals surface area contributed by atoms with E-state index >= 15 is 0 Å². The third kappa shape index (κ3) is 2.95. The molecule has 1 N–H and O–H groups in total. The van der Waals surface area contributed by atoms with Crippen LogP contribution in [-0.2, 0) is 6.42 Å². The van der Waals surface area contributed by atoms with Crippen molar-refractivity contribution in [2.45, 2.75) is 33.6 Å². The standard InChI is InChI=1S/C15H19FN2O/c1-10(2)4-9-14-11(3)17-18(15(14)19)13-7-5-12(16)6-8-13/h5-8,10,17H,4,9H2,1-3H3. The van der Waals surface area contributed by atoms with Gasteiger partial charge in [-0.25, -0.2) is 9.07 Å². The van der Waals surface area contributed by atoms with Crippen LogP contribution >= 0.6 is 0 Å². The van der Waals surface area contributed by atoms with Crippen LogP contribution in [0.2, 0.25) is 0 Å². The van der Waals surface area contributed by atoms with E-state index < -0.39 is 0 Å². The van der Waals surface area contributed by atoms with Crippen molar-refractivity contribution in [3.63, 3.8) is 0 Å². The number of halogens is 1. The first-order chi connectivity index (χ1) is 8.99. The Morgan fingerprint density at radius 3 is 2.47 bits per heavy atom. The van der Waals surface area contributed by atoms with Gasteiger partial charge in [-0.3, -0.25) is 9.89 Å². The van der Waals surface area contributed by atoms with E-state index in [1.165, 1.54) is 16.8 Å². The van der Waals surface area contributed by atoms with Gasteiger partial charge in [0.15, 0.2) is 0 Å². The Balaban J connectivity index is 2.35. The summed E-state index contributed by atoms with van der Waals surface area (Å²) in [4.78, 5) is 12.3. The number of aryl methyl sites for hydroxylation is 1. The Hall–Kier alpha value is -1.84. The summed E-state index contributed by atoms with van der Waals surface area (Å²) in [5, 5.41) is 3.05. The van der Waals surface area contributed by atoms with E-state index in [9.17, 15) is 9.18 Å². The first-order valence-corrected chi connectivity index (χ1v) is 6.55. The summed E-state index contributed by atoms with van der Waals surface area (Å²) >= 11 is 0. The lowest BCUT2D eigenvalue weighted by Crippen LogP contribution is -2.17. The highest BCUT2D eigenvalue weighted by Gasteiger charge is 2.12. The van der Waals surface area contributed by atoms with Crippen LogP contribution in [0, 0.1) is 18.7 Å². The molecule has 0 aliphatic heterocycles. The number of nitrogens with one attached hydrogen (secondary N) is 1. The van der Waals surface area contributed by atoms with Crippen LogP contribution in [0.25, 0.3) is 5.69 Å². The molecule has 0 amide bonds. The SMILES string of the molecule is Cc1[nH]n(-c2ccc(F)cc2)c(=O)c1CCC(C)C. The average molecular weight is 262 g/mol. The lowest BCUT2D eigenvalue weighted by Gasteiger charge is -2.02. The van der Waals surface area contributed by atoms with E-state index in [2.05, 4.69) is 18.9 Å². The zero-order chi connectivity index (χ0) is 14.0. The quantitative estimate of drug-likeness (QED) is 0.902. The van der Waals surface area contributed by atoms with Crippen LogP contribution < -0.4 is 5.56 Å². The molecular weight excluding hydrogens is 243 g/mol. The van der Waals surface area contributed by atoms with Gasteiger partial charge in [0.25, 0.3) is 5.56 Å². The van der Waals surface area contributed by atoms with Gasteiger partial charge in [-0.1, -0.05) is 13.8 Å². The molecule has 0 aliphatic carbocycles. The van der Waals surface area contributed by atoms with E-state index in [-0.39, 0.29) is 11.4 Å². The second-order valence-electron chi connectivity index (χ2n) is 5.26. The van der Waals surface area contributed by atoms with Crippen molar-refractivity contribution in [1.29, 1.82) is 0 Å². The number of benzene rings is 1. The van der Waals surface area contributed by atoms with Gasteiger partial charge in [-0.15, -0.1) is 0 Å². The second kappa shape index (κ2) is 5.43. The molecule has 1 heterocycles. The zero-order valence-corrected chi connectivity index (χ0v) is 11.5. The van der Waals surface area contributed by atoms with Crippen LogP contribution in [0.1, 0.15) is 31.5 Å². The Morgan fingerprint density at radius 2 is 1.89 bits per heavy atom. The van der Waals surface area contributed by atoms with Gasteiger partial charge in [-0.05, 0) is 49.9 Å². The van der Waals surface area contributed by atoms with E-state index in [4.69, 9.17) is 0 Å². The molecule has 0 saturated carbocycles. The van der Waals surface area contributed by atoms with Crippen LogP contribution in [0.15, 0.2) is 29.1 Å². The number of aromatic nitrogens is 2. The summed E-state index contributed by atoms with van der Waals surface area (Å²) in [5.74, 6) is 0.257. The fraction of sp³-hybridized carbons (Fsp3) is 0.400. The first-order valence-electron chi connectivity index (χ1n) is 6.55. The maximum absolute atomic E-state index is 12.9. The van der Waals surface area contributed by atoms with Crippen molar-refractivity contribution < 1.29 is 4.39 Å². The normalized spacial score (nSPS) is 11.2. The number of rotatable bonds is 4. The highest BCUT2D eigenvalue weighted by molar-refractivity contribution is 5.33. The third-order valence-electron chi connectivity index (χ3n) is 3.25. The largest absolute Gasteiger partial charge is 0.295 e. The minimum absolute atomic E-state index is 0.0373. The molecule has 4 heteroatoms. The number of aromatic amines is 1. The molecule has 0 aliphatic rings. The van der Waals surface area contributed by atoms with E-state index in [0.717, 1.165) is 24.1 Å². The van der Waals surface area contributed by atoms with Crippen molar-refractivity contribution in [2.75, 3.05) is 0 Å². The van der Waals surface area contributed by atoms with Crippen LogP contribution in [0.5, 0.6) is 0 Å². The van der Waals surface area contributed by atoms with Crippen molar-refractivity contribution in [2.24, 2.45) is 5.92 Å². The van der Waals surface area contributed by atoms with Crippen molar-refractivity contribution in [3.05, 3.63) is 51.7 Å². The van der Waals surface area contributed by atoms with Crippen molar-refractivity contribution >= 4 is 0 Å². The molecule has 0 radical (unpaired) electrons. The molecule has 0 spiro atoms. The third-order valence-corrected chi connectivity index (χ3v) is 3.25. The van der Waals surface area contributed by atoms with Gasteiger partial charge >= 0.3 is 0 Å². The smallest absolute Gasteiger partial charge is 0.274 e. The summed E-state index contributed by atoms with van der Waals surface area (Å²) in [7, 11) is 0. The van der Waals surface area contributed by atoms with E-state index in [1.54, 1.807) is 12.1 Å². The Morgan fingerprint density at radius 1 is 1.26 bits per heavy atom. The van der Waals surface area contributed by atoms with Crippen molar-refractivity contribution in [3.8, 4) is 5.69 Å². The summed E-state index contributed by atoms with van der Waals surface area (Å²) < 4.78 is 14.4. The fourth-order valence-electron chi connectivity index (χ4n) is 2.08. The molecule has 2 rings (SSSR count). The minimum atomic E-state index is -0.305. The summed E-state index contributed by atoms with van der Waals surface area (Å²) in [6.45, 7) is 6.18. The molecule has 102 valence electrons. The predicted octanol–water partition coefficient (Wildman–Crippen LogP) is 3.20. The van der Waals surface area contributed by atoms with Crippen LogP contribution in [0.3, 0.4) is 0 Å². The van der Waals surface area contributed by atoms with Gasteiger partial charge in [0, 0.05) is 11.3 Å². The Bertz CT molecular complexity index is 608. The van der Waals surface area contributed by atoms with Gasteiger partial charge in [0.05, 0.1) is 5.69 Å². The molecule has 0 unspecified atom stereocenters. The molecular formula is C15H19FN2O. The molecule has 19 heavy (non-hydrogen) atoms. The van der Waals surface area contributed by atoms with Gasteiger partial charge < -0.3 is 0 Å². The van der Waals surface area contributed by atoms with Gasteiger partial charge in [0.1, 0.15) is 5.82 Å². The summed E-state index contributed by atoms with van der Waals surface area (Å²) in [5.41, 5.74) is 2.32. The summed E-state index contributed by atoms with van der Waals surface area (Å²) in [6, 6.07) is 5.90. The zero-order valence-electron chi connectivity index (χ0n) is 11.5. The monoisotopic (exact) mass is 262 g/mol. The molecule has 1 aromatic heterocycles. The summed E-state index contributed by atoms with van der Waals surface area (Å²) in [6.07, 6.45) is 1.75. The molecule has 1 aromatic carbocycles. The van der Waals surface area contributed by atoms with Crippen LogP contribution in [-0.4, -0.2) is 9.78 Å². The fourth-order valence-corrected chi connectivity index (χ4v) is 2.08. The van der Waals surface area contributed by atoms with Crippen molar-refractivity contribution in [1.82, 2.24) is 9.78 Å². The first kappa shape index (κ1) is 13.6. The average Bonchev–Trinajstić information content (AvgIpc) is 2.63.